The Kier molecular flexibility index (Phi) is 11.0. The maximum absolute atomic E-state index is 14.1. The van der Waals surface area contributed by atoms with Crippen LogP contribution in [0.4, 0.5) is 5.69 Å². The van der Waals surface area contributed by atoms with E-state index in [-0.39, 0.29) is 24.8 Å². The molecular weight excluding hydrogens is 569 g/mol. The molecule has 7 nitrogen and oxygen atoms in total. The number of rotatable bonds is 12. The summed E-state index contributed by atoms with van der Waals surface area (Å²) in [6.45, 7) is 5.72. The molecule has 3 aromatic rings. The van der Waals surface area contributed by atoms with Crippen molar-refractivity contribution in [1.29, 1.82) is 0 Å². The molecule has 40 heavy (non-hydrogen) atoms. The molecule has 0 saturated carbocycles. The van der Waals surface area contributed by atoms with Gasteiger partial charge in [0.1, 0.15) is 12.6 Å². The van der Waals surface area contributed by atoms with Gasteiger partial charge in [-0.05, 0) is 53.8 Å². The fraction of sp³-hybridized carbons (Fsp3) is 0.333. The van der Waals surface area contributed by atoms with Gasteiger partial charge in [-0.1, -0.05) is 85.6 Å². The number of anilines is 1. The van der Waals surface area contributed by atoms with Crippen molar-refractivity contribution in [2.75, 3.05) is 23.7 Å². The number of sulfonamides is 1. The van der Waals surface area contributed by atoms with Gasteiger partial charge in [0.15, 0.2) is 0 Å². The fourth-order valence-corrected chi connectivity index (χ4v) is 5.52. The summed E-state index contributed by atoms with van der Waals surface area (Å²) in [5.74, 6) is -0.686. The van der Waals surface area contributed by atoms with Crippen LogP contribution in [0.5, 0.6) is 0 Å². The van der Waals surface area contributed by atoms with Gasteiger partial charge < -0.3 is 10.2 Å². The van der Waals surface area contributed by atoms with Crippen molar-refractivity contribution in [2.45, 2.75) is 39.8 Å². The highest BCUT2D eigenvalue weighted by Crippen LogP contribution is 2.25. The van der Waals surface area contributed by atoms with E-state index in [4.69, 9.17) is 23.2 Å². The van der Waals surface area contributed by atoms with Gasteiger partial charge in [-0.3, -0.25) is 13.9 Å². The lowest BCUT2D eigenvalue weighted by molar-refractivity contribution is -0.140. The van der Waals surface area contributed by atoms with Crippen LogP contribution in [0.3, 0.4) is 0 Å². The van der Waals surface area contributed by atoms with Gasteiger partial charge in [0.2, 0.25) is 21.8 Å². The van der Waals surface area contributed by atoms with Crippen molar-refractivity contribution in [3.8, 4) is 0 Å². The van der Waals surface area contributed by atoms with E-state index in [0.717, 1.165) is 21.7 Å². The van der Waals surface area contributed by atoms with E-state index in [2.05, 4.69) is 5.32 Å². The van der Waals surface area contributed by atoms with Crippen molar-refractivity contribution >= 4 is 50.7 Å². The van der Waals surface area contributed by atoms with Gasteiger partial charge in [-0.25, -0.2) is 8.42 Å². The van der Waals surface area contributed by atoms with Crippen molar-refractivity contribution in [2.24, 2.45) is 5.92 Å². The Labute approximate surface area is 247 Å². The Bertz CT molecular complexity index is 1430. The van der Waals surface area contributed by atoms with E-state index in [1.165, 1.54) is 4.90 Å². The Balaban J connectivity index is 2.07. The molecule has 0 aromatic heterocycles. The van der Waals surface area contributed by atoms with Crippen molar-refractivity contribution < 1.29 is 18.0 Å². The Morgan fingerprint density at radius 1 is 0.950 bits per heavy atom. The summed E-state index contributed by atoms with van der Waals surface area (Å²) in [4.78, 5) is 29.1. The minimum absolute atomic E-state index is 0.0210. The topological polar surface area (TPSA) is 86.8 Å². The summed E-state index contributed by atoms with van der Waals surface area (Å²) in [5.41, 5.74) is 2.64. The monoisotopic (exact) mass is 603 g/mol. The van der Waals surface area contributed by atoms with Crippen molar-refractivity contribution in [3.05, 3.63) is 99.5 Å². The van der Waals surface area contributed by atoms with Gasteiger partial charge in [0.25, 0.3) is 0 Å². The molecule has 3 rings (SSSR count). The van der Waals surface area contributed by atoms with Gasteiger partial charge in [0.05, 0.1) is 11.9 Å². The zero-order valence-electron chi connectivity index (χ0n) is 23.1. The van der Waals surface area contributed by atoms with E-state index in [0.29, 0.717) is 27.8 Å². The summed E-state index contributed by atoms with van der Waals surface area (Å²) in [7, 11) is -3.83. The zero-order valence-corrected chi connectivity index (χ0v) is 25.4. The predicted octanol–water partition coefficient (Wildman–Crippen LogP) is 5.48. The molecule has 2 amide bonds. The number of nitrogens with one attached hydrogen (secondary N) is 1. The van der Waals surface area contributed by atoms with Crippen molar-refractivity contribution in [1.82, 2.24) is 10.2 Å². The second kappa shape index (κ2) is 14.0. The maximum atomic E-state index is 14.1. The average Bonchev–Trinajstić information content (AvgIpc) is 2.88. The molecule has 10 heteroatoms. The molecule has 0 radical (unpaired) electrons. The molecule has 0 heterocycles. The molecule has 0 spiro atoms. The molecule has 0 aliphatic carbocycles. The van der Waals surface area contributed by atoms with E-state index in [9.17, 15) is 18.0 Å². The Hall–Kier alpha value is -3.07. The molecule has 0 aliphatic rings. The van der Waals surface area contributed by atoms with Gasteiger partial charge in [-0.15, -0.1) is 0 Å². The number of hydrogen-bond acceptors (Lipinski definition) is 4. The van der Waals surface area contributed by atoms with Crippen LogP contribution in [0.2, 0.25) is 10.0 Å². The van der Waals surface area contributed by atoms with Gasteiger partial charge in [0, 0.05) is 29.6 Å². The second-order valence-electron chi connectivity index (χ2n) is 10.2. The smallest absolute Gasteiger partial charge is 0.244 e. The highest BCUT2D eigenvalue weighted by Gasteiger charge is 2.33. The average molecular weight is 605 g/mol. The lowest BCUT2D eigenvalue weighted by atomic mass is 10.0. The SMILES string of the molecule is Cc1cccc(N(CC(=O)N(Cc2ccc(Cl)cc2Cl)[C@@H](Cc2ccccc2)C(=O)NCC(C)C)S(C)(=O)=O)c1. The van der Waals surface area contributed by atoms with Gasteiger partial charge in [-0.2, -0.15) is 0 Å². The summed E-state index contributed by atoms with van der Waals surface area (Å²) in [6, 6.07) is 20.3. The third-order valence-electron chi connectivity index (χ3n) is 6.28. The number of carbonyl (C=O) groups excluding carboxylic acids is 2. The molecule has 3 aromatic carbocycles. The first-order chi connectivity index (χ1) is 18.8. The summed E-state index contributed by atoms with van der Waals surface area (Å²) >= 11 is 12.6. The quantitative estimate of drug-likeness (QED) is 0.297. The number of hydrogen-bond donors (Lipinski definition) is 1. The second-order valence-corrected chi connectivity index (χ2v) is 13.0. The van der Waals surface area contributed by atoms with Crippen molar-refractivity contribution in [3.63, 3.8) is 0 Å². The van der Waals surface area contributed by atoms with Crippen LogP contribution in [-0.4, -0.2) is 50.5 Å². The molecule has 1 N–H and O–H groups in total. The number of carbonyl (C=O) groups is 2. The first-order valence-electron chi connectivity index (χ1n) is 12.9. The molecule has 0 aliphatic heterocycles. The van der Waals surface area contributed by atoms with E-state index >= 15 is 0 Å². The highest BCUT2D eigenvalue weighted by molar-refractivity contribution is 7.92. The zero-order chi connectivity index (χ0) is 29.4. The minimum atomic E-state index is -3.83. The summed E-state index contributed by atoms with van der Waals surface area (Å²) < 4.78 is 26.8. The summed E-state index contributed by atoms with van der Waals surface area (Å²) in [5, 5.41) is 3.72. The van der Waals surface area contributed by atoms with Crippen LogP contribution in [0.15, 0.2) is 72.8 Å². The largest absolute Gasteiger partial charge is 0.354 e. The third kappa shape index (κ3) is 8.98. The number of halogens is 2. The third-order valence-corrected chi connectivity index (χ3v) is 8.01. The summed E-state index contributed by atoms with van der Waals surface area (Å²) in [6.07, 6.45) is 1.28. The number of benzene rings is 3. The number of amides is 2. The highest BCUT2D eigenvalue weighted by atomic mass is 35.5. The maximum Gasteiger partial charge on any atom is 0.244 e. The van der Waals surface area contributed by atoms with E-state index in [1.807, 2.05) is 57.2 Å². The number of aryl methyl sites for hydroxylation is 1. The molecule has 1 atom stereocenters. The first kappa shape index (κ1) is 31.5. The molecule has 0 saturated heterocycles. The molecule has 0 fully saturated rings. The van der Waals surface area contributed by atoms with E-state index in [1.54, 1.807) is 36.4 Å². The first-order valence-corrected chi connectivity index (χ1v) is 15.5. The molecule has 214 valence electrons. The van der Waals surface area contributed by atoms with Crippen LogP contribution in [0.25, 0.3) is 0 Å². The Morgan fingerprint density at radius 2 is 1.65 bits per heavy atom. The normalized spacial score (nSPS) is 12.2. The lowest BCUT2D eigenvalue weighted by Gasteiger charge is -2.34. The predicted molar refractivity (Wildman–Crippen MR) is 162 cm³/mol. The minimum Gasteiger partial charge on any atom is -0.354 e. The van der Waals surface area contributed by atoms with E-state index < -0.39 is 28.5 Å². The standard InChI is InChI=1S/C30H35Cl2N3O4S/c1-21(2)18-33-30(37)28(16-23-10-6-5-7-11-23)34(19-24-13-14-25(31)17-27(24)32)29(36)20-35(40(4,38)39)26-12-8-9-22(3)15-26/h5-15,17,21,28H,16,18-20H2,1-4H3,(H,33,37)/t28-/m0/s1. The van der Waals surface area contributed by atoms with Crippen LogP contribution in [-0.2, 0) is 32.6 Å². The van der Waals surface area contributed by atoms with Crippen LogP contribution in [0, 0.1) is 12.8 Å². The molecular formula is C30H35Cl2N3O4S. The number of nitrogens with zero attached hydrogens (tertiary/aromatic N) is 2. The van der Waals surface area contributed by atoms with Gasteiger partial charge >= 0.3 is 0 Å². The van der Waals surface area contributed by atoms with Crippen LogP contribution >= 0.6 is 23.2 Å². The van der Waals surface area contributed by atoms with Crippen LogP contribution < -0.4 is 9.62 Å². The fourth-order valence-electron chi connectivity index (χ4n) is 4.21. The van der Waals surface area contributed by atoms with Crippen LogP contribution in [0.1, 0.15) is 30.5 Å². The lowest BCUT2D eigenvalue weighted by Crippen LogP contribution is -2.53. The Morgan fingerprint density at radius 3 is 2.25 bits per heavy atom. The molecule has 0 bridgehead atoms. The molecule has 0 unspecified atom stereocenters.